The highest BCUT2D eigenvalue weighted by atomic mass is 32.1. The van der Waals surface area contributed by atoms with Crippen LogP contribution in [-0.4, -0.2) is 98.5 Å². The third-order valence-corrected chi connectivity index (χ3v) is 11.3. The number of hydrogen-bond acceptors (Lipinski definition) is 10. The predicted octanol–water partition coefficient (Wildman–Crippen LogP) is 5.46. The largest absolute Gasteiger partial charge is 0.461 e. The van der Waals surface area contributed by atoms with E-state index in [4.69, 9.17) is 30.8 Å². The molecule has 0 aliphatic carbocycles. The summed E-state index contributed by atoms with van der Waals surface area (Å²) in [5, 5.41) is 23.3. The van der Waals surface area contributed by atoms with E-state index in [2.05, 4.69) is 32.0 Å². The van der Waals surface area contributed by atoms with E-state index < -0.39 is 11.8 Å². The number of alkyl halides is 1. The predicted molar refractivity (Wildman–Crippen MR) is 185 cm³/mol. The van der Waals surface area contributed by atoms with Crippen LogP contribution < -0.4 is 9.64 Å². The average Bonchev–Trinajstić information content (AvgIpc) is 3.83. The smallest absolute Gasteiger partial charge is 0.319 e. The quantitative estimate of drug-likeness (QED) is 0.232. The van der Waals surface area contributed by atoms with Gasteiger partial charge in [0.05, 0.1) is 52.8 Å². The molecule has 0 amide bonds. The number of halogens is 1. The van der Waals surface area contributed by atoms with E-state index >= 15 is 0 Å². The van der Waals surface area contributed by atoms with Crippen LogP contribution in [0.15, 0.2) is 42.7 Å². The molecule has 9 rings (SSSR count). The number of nitrogens with one attached hydrogen (secondary N) is 1. The normalized spacial score (nSPS) is 24.9. The highest BCUT2D eigenvalue weighted by molar-refractivity contribution is 7.26. The number of fused-ring (bicyclic) bond motifs is 6. The number of aromatic amines is 1. The van der Waals surface area contributed by atoms with Crippen molar-refractivity contribution in [1.29, 1.82) is 0 Å². The molecule has 48 heavy (non-hydrogen) atoms. The number of hydrogen-bond donors (Lipinski definition) is 2. The van der Waals surface area contributed by atoms with Crippen LogP contribution in [0, 0.1) is 12.3 Å². The van der Waals surface area contributed by atoms with Crippen LogP contribution in [0.2, 0.25) is 0 Å². The van der Waals surface area contributed by atoms with Gasteiger partial charge in [0.1, 0.15) is 29.0 Å². The number of pyridine rings is 1. The van der Waals surface area contributed by atoms with Crippen molar-refractivity contribution in [3.05, 3.63) is 48.3 Å². The summed E-state index contributed by atoms with van der Waals surface area (Å²) in [6, 6.07) is 10.3. The number of terminal acetylenes is 1. The second-order valence-corrected chi connectivity index (χ2v) is 14.6. The zero-order chi connectivity index (χ0) is 32.6. The van der Waals surface area contributed by atoms with Crippen LogP contribution in [-0.2, 0) is 4.74 Å². The first-order valence-corrected chi connectivity index (χ1v) is 17.2. The van der Waals surface area contributed by atoms with Gasteiger partial charge in [-0.1, -0.05) is 18.1 Å². The van der Waals surface area contributed by atoms with E-state index in [0.29, 0.717) is 45.1 Å². The van der Waals surface area contributed by atoms with Gasteiger partial charge in [-0.2, -0.15) is 15.1 Å². The number of H-pyrrole nitrogens is 1. The summed E-state index contributed by atoms with van der Waals surface area (Å²) in [6.07, 6.45) is 11.2. The second kappa shape index (κ2) is 11.1. The van der Waals surface area contributed by atoms with Gasteiger partial charge < -0.3 is 19.5 Å². The van der Waals surface area contributed by atoms with E-state index in [1.54, 1.807) is 6.92 Å². The minimum absolute atomic E-state index is 0.224. The zero-order valence-corrected chi connectivity index (χ0v) is 27.3. The number of aromatic nitrogens is 5. The molecule has 0 bridgehead atoms. The molecule has 2 aromatic carbocycles. The Morgan fingerprint density at radius 2 is 2.15 bits per heavy atom. The summed E-state index contributed by atoms with van der Waals surface area (Å²) in [4.78, 5) is 20.0. The van der Waals surface area contributed by atoms with Crippen molar-refractivity contribution < 1.29 is 19.0 Å². The van der Waals surface area contributed by atoms with Crippen molar-refractivity contribution in [2.45, 2.75) is 43.5 Å². The average molecular weight is 664 g/mol. The highest BCUT2D eigenvalue weighted by Gasteiger charge is 2.49. The topological polar surface area (TPSA) is 113 Å². The molecule has 3 atom stereocenters. The first-order chi connectivity index (χ1) is 23.3. The molecular weight excluding hydrogens is 630 g/mol. The lowest BCUT2D eigenvalue weighted by molar-refractivity contribution is -0.0123. The van der Waals surface area contributed by atoms with Crippen LogP contribution in [0.25, 0.3) is 53.2 Å². The Kier molecular flexibility index (Phi) is 6.85. The maximum atomic E-state index is 14.6. The monoisotopic (exact) mass is 663 g/mol. The third kappa shape index (κ3) is 4.71. The molecule has 0 radical (unpaired) electrons. The Balaban J connectivity index is 1.26. The van der Waals surface area contributed by atoms with Gasteiger partial charge in [0.2, 0.25) is 0 Å². The summed E-state index contributed by atoms with van der Waals surface area (Å²) in [5.41, 5.74) is 1.91. The Morgan fingerprint density at radius 3 is 3.04 bits per heavy atom. The lowest BCUT2D eigenvalue weighted by atomic mass is 9.94. The molecule has 3 fully saturated rings. The van der Waals surface area contributed by atoms with Gasteiger partial charge in [-0.05, 0) is 49.9 Å². The van der Waals surface area contributed by atoms with Crippen molar-refractivity contribution in [1.82, 2.24) is 30.0 Å². The number of aliphatic hydroxyl groups is 1. The highest BCUT2D eigenvalue weighted by Crippen LogP contribution is 2.46. The first kappa shape index (κ1) is 29.7. The lowest BCUT2D eigenvalue weighted by Crippen LogP contribution is -2.43. The third-order valence-electron chi connectivity index (χ3n) is 10.2. The van der Waals surface area contributed by atoms with Crippen molar-refractivity contribution in [2.75, 3.05) is 50.9 Å². The van der Waals surface area contributed by atoms with E-state index in [1.807, 2.05) is 36.7 Å². The minimum Gasteiger partial charge on any atom is -0.461 e. The van der Waals surface area contributed by atoms with Crippen LogP contribution >= 0.6 is 11.3 Å². The second-order valence-electron chi connectivity index (χ2n) is 13.6. The fourth-order valence-corrected chi connectivity index (χ4v) is 9.25. The maximum absolute atomic E-state index is 14.6. The minimum atomic E-state index is -1.09. The Labute approximate surface area is 279 Å². The van der Waals surface area contributed by atoms with Gasteiger partial charge in [0.15, 0.2) is 0 Å². The summed E-state index contributed by atoms with van der Waals surface area (Å²) < 4.78 is 27.7. The molecule has 3 saturated heterocycles. The first-order valence-electron chi connectivity index (χ1n) is 16.3. The number of β-amino-alcohol motifs (C(OH)–C–C–N with tert-alkyl or cyclic N) is 1. The summed E-state index contributed by atoms with van der Waals surface area (Å²) in [5.74, 6) is 3.54. The summed E-state index contributed by atoms with van der Waals surface area (Å²) in [7, 11) is 0. The summed E-state index contributed by atoms with van der Waals surface area (Å²) in [6.45, 7) is 4.93. The molecule has 0 spiro atoms. The lowest BCUT2D eigenvalue weighted by Gasteiger charge is -2.31. The van der Waals surface area contributed by atoms with Gasteiger partial charge in [0.25, 0.3) is 0 Å². The van der Waals surface area contributed by atoms with Crippen LogP contribution in [0.1, 0.15) is 31.7 Å². The SMILES string of the molecule is C#Cc1cccc2cc3[nH]ncc3c(-c3nccc4c3sc3nc(OC[C@@]56CCCN5C[C@H](F)C6)nc(N5CCOC[C@@](C)(O)C5)c34)c12. The van der Waals surface area contributed by atoms with E-state index in [9.17, 15) is 9.50 Å². The molecule has 3 aliphatic heterocycles. The number of rotatable bonds is 5. The van der Waals surface area contributed by atoms with Gasteiger partial charge in [-0.25, -0.2) is 4.39 Å². The molecular formula is C36H34FN7O3S. The van der Waals surface area contributed by atoms with Crippen molar-refractivity contribution in [2.24, 2.45) is 0 Å². The number of benzene rings is 2. The molecule has 3 aliphatic rings. The zero-order valence-electron chi connectivity index (χ0n) is 26.5. The van der Waals surface area contributed by atoms with Gasteiger partial charge in [-0.15, -0.1) is 17.8 Å². The van der Waals surface area contributed by atoms with Gasteiger partial charge in [0, 0.05) is 53.0 Å². The molecule has 6 aromatic rings. The van der Waals surface area contributed by atoms with E-state index in [1.165, 1.54) is 11.3 Å². The van der Waals surface area contributed by atoms with Gasteiger partial charge >= 0.3 is 6.01 Å². The Bertz CT molecular complexity index is 2280. The fraction of sp³-hybridized carbons (Fsp3) is 0.389. The number of nitrogens with zero attached hydrogens (tertiary/aromatic N) is 6. The van der Waals surface area contributed by atoms with Crippen molar-refractivity contribution >= 4 is 59.1 Å². The molecule has 0 saturated carbocycles. The molecule has 2 N–H and O–H groups in total. The standard InChI is InChI=1S/C36H34FN7O3S/c1-3-21-6-4-7-22-14-26-25(16-39-42-26)28(27(21)22)30-31-24(8-10-38-30)29-32(43-12-13-46-19-35(2,45)18-43)40-34(41-33(29)48-31)47-20-36-9-5-11-44(36)17-23(37)15-36/h1,4,6-8,10,14,16,23,45H,5,9,11-13,15,17-20H2,2H3,(H,39,42)/t23-,35+,36+/m1/s1. The van der Waals surface area contributed by atoms with E-state index in [-0.39, 0.29) is 18.2 Å². The fourth-order valence-electron chi connectivity index (χ4n) is 8.10. The van der Waals surface area contributed by atoms with Crippen LogP contribution in [0.3, 0.4) is 0 Å². The number of thiophene rings is 1. The van der Waals surface area contributed by atoms with Gasteiger partial charge in [-0.3, -0.25) is 15.0 Å². The molecule has 12 heteroatoms. The Morgan fingerprint density at radius 1 is 1.23 bits per heavy atom. The molecule has 7 heterocycles. The molecule has 4 aromatic heterocycles. The number of ether oxygens (including phenoxy) is 2. The molecule has 244 valence electrons. The maximum Gasteiger partial charge on any atom is 0.319 e. The van der Waals surface area contributed by atoms with Crippen molar-refractivity contribution in [3.8, 4) is 29.6 Å². The van der Waals surface area contributed by atoms with Crippen molar-refractivity contribution in [3.63, 3.8) is 0 Å². The molecule has 10 nitrogen and oxygen atoms in total. The Hall–Kier alpha value is -4.41. The van der Waals surface area contributed by atoms with E-state index in [0.717, 1.165) is 78.2 Å². The van der Waals surface area contributed by atoms with Crippen LogP contribution in [0.4, 0.5) is 10.2 Å². The molecule has 0 unspecified atom stereocenters. The number of anilines is 1. The summed E-state index contributed by atoms with van der Waals surface area (Å²) >= 11 is 1.52. The van der Waals surface area contributed by atoms with Crippen LogP contribution in [0.5, 0.6) is 6.01 Å².